The fourth-order valence-corrected chi connectivity index (χ4v) is 5.82. The van der Waals surface area contributed by atoms with Crippen molar-refractivity contribution in [1.82, 2.24) is 14.7 Å². The molecular formula is C29H41N3O7. The van der Waals surface area contributed by atoms with Crippen molar-refractivity contribution in [3.63, 3.8) is 0 Å². The molecule has 1 aromatic rings. The molecule has 3 fully saturated rings. The van der Waals surface area contributed by atoms with E-state index >= 15 is 0 Å². The van der Waals surface area contributed by atoms with Gasteiger partial charge in [0, 0.05) is 51.0 Å². The highest BCUT2D eigenvalue weighted by molar-refractivity contribution is 5.98. The van der Waals surface area contributed by atoms with E-state index in [1.807, 2.05) is 18.7 Å². The summed E-state index contributed by atoms with van der Waals surface area (Å²) in [6, 6.07) is 6.06. The summed E-state index contributed by atoms with van der Waals surface area (Å²) in [6.07, 6.45) is 2.41. The molecule has 39 heavy (non-hydrogen) atoms. The van der Waals surface area contributed by atoms with E-state index in [9.17, 15) is 19.2 Å². The number of amides is 3. The molecule has 0 radical (unpaired) electrons. The molecule has 3 heterocycles. The number of piperidine rings is 2. The number of methoxy groups -OCH3 is 1. The molecule has 3 amide bonds. The van der Waals surface area contributed by atoms with E-state index < -0.39 is 11.8 Å². The van der Waals surface area contributed by atoms with E-state index in [-0.39, 0.29) is 42.1 Å². The van der Waals surface area contributed by atoms with Gasteiger partial charge >= 0.3 is 5.97 Å². The van der Waals surface area contributed by atoms with Crippen LogP contribution in [0.1, 0.15) is 63.2 Å². The minimum absolute atomic E-state index is 0.0957. The smallest absolute Gasteiger partial charge is 0.309 e. The normalized spacial score (nSPS) is 21.4. The summed E-state index contributed by atoms with van der Waals surface area (Å²) in [5.74, 6) is 0.106. The van der Waals surface area contributed by atoms with Crippen LogP contribution in [0, 0.1) is 11.8 Å². The van der Waals surface area contributed by atoms with Crippen LogP contribution < -0.4 is 4.74 Å². The van der Waals surface area contributed by atoms with Crippen LogP contribution in [0.4, 0.5) is 0 Å². The Morgan fingerprint density at radius 3 is 2.21 bits per heavy atom. The highest BCUT2D eigenvalue weighted by Gasteiger charge is 2.55. The Labute approximate surface area is 230 Å². The molecule has 0 aromatic heterocycles. The molecule has 214 valence electrons. The van der Waals surface area contributed by atoms with Crippen LogP contribution in [0.25, 0.3) is 0 Å². The number of hydrogen-bond donors (Lipinski definition) is 0. The Morgan fingerprint density at radius 1 is 1.00 bits per heavy atom. The fraction of sp³-hybridized carbons (Fsp3) is 0.655. The zero-order valence-corrected chi connectivity index (χ0v) is 23.5. The van der Waals surface area contributed by atoms with Crippen LogP contribution in [-0.2, 0) is 23.9 Å². The Morgan fingerprint density at radius 2 is 1.64 bits per heavy atom. The van der Waals surface area contributed by atoms with Crippen molar-refractivity contribution < 1.29 is 33.4 Å². The molecule has 10 nitrogen and oxygen atoms in total. The summed E-state index contributed by atoms with van der Waals surface area (Å²) < 4.78 is 16.7. The summed E-state index contributed by atoms with van der Waals surface area (Å²) in [5.41, 5.74) is -0.521. The van der Waals surface area contributed by atoms with Crippen LogP contribution in [0.5, 0.6) is 5.75 Å². The number of rotatable bonds is 7. The molecule has 0 N–H and O–H groups in total. The first-order valence-corrected chi connectivity index (χ1v) is 14.0. The average Bonchev–Trinajstić information content (AvgIpc) is 3.30. The first kappa shape index (κ1) is 28.9. The quantitative estimate of drug-likeness (QED) is 0.487. The molecular weight excluding hydrogens is 502 g/mol. The monoisotopic (exact) mass is 543 g/mol. The zero-order chi connectivity index (χ0) is 28.2. The van der Waals surface area contributed by atoms with Crippen molar-refractivity contribution in [2.45, 2.75) is 64.6 Å². The van der Waals surface area contributed by atoms with Gasteiger partial charge in [0.05, 0.1) is 26.2 Å². The van der Waals surface area contributed by atoms with Gasteiger partial charge < -0.3 is 24.0 Å². The maximum atomic E-state index is 14.0. The highest BCUT2D eigenvalue weighted by atomic mass is 16.5. The Kier molecular flexibility index (Phi) is 9.15. The molecule has 3 aliphatic rings. The third-order valence-corrected chi connectivity index (χ3v) is 8.01. The number of carbonyl (C=O) groups excluding carboxylic acids is 4. The highest BCUT2D eigenvalue weighted by Crippen LogP contribution is 2.39. The van der Waals surface area contributed by atoms with Crippen molar-refractivity contribution in [2.24, 2.45) is 11.8 Å². The number of likely N-dealkylation sites (tertiary alicyclic amines) is 2. The fourth-order valence-electron chi connectivity index (χ4n) is 5.82. The summed E-state index contributed by atoms with van der Waals surface area (Å²) in [6.45, 7) is 8.02. The van der Waals surface area contributed by atoms with Gasteiger partial charge in [-0.15, -0.1) is 0 Å². The average molecular weight is 544 g/mol. The maximum absolute atomic E-state index is 14.0. The molecule has 0 bridgehead atoms. The van der Waals surface area contributed by atoms with Gasteiger partial charge in [-0.1, -0.05) is 13.8 Å². The Balaban J connectivity index is 1.53. The molecule has 4 rings (SSSR count). The van der Waals surface area contributed by atoms with E-state index in [0.29, 0.717) is 76.2 Å². The molecule has 1 spiro atoms. The molecule has 10 heteroatoms. The SMILES string of the molecule is CCOC(=O)C1CCN(C(=O)C2COC3(CCN(C(=O)CC(C)C)CC3)N2C(=O)c2ccc(OC)cc2)CC1. The minimum Gasteiger partial charge on any atom is -0.497 e. The van der Waals surface area contributed by atoms with E-state index in [0.717, 1.165) is 0 Å². The predicted octanol–water partition coefficient (Wildman–Crippen LogP) is 2.70. The van der Waals surface area contributed by atoms with E-state index in [2.05, 4.69) is 0 Å². The first-order valence-electron chi connectivity index (χ1n) is 14.0. The molecule has 1 unspecified atom stereocenters. The van der Waals surface area contributed by atoms with Gasteiger partial charge in [-0.25, -0.2) is 0 Å². The van der Waals surface area contributed by atoms with E-state index in [1.54, 1.807) is 48.1 Å². The van der Waals surface area contributed by atoms with Gasteiger partial charge in [-0.3, -0.25) is 24.1 Å². The Hall–Kier alpha value is -3.14. The number of carbonyl (C=O) groups is 4. The summed E-state index contributed by atoms with van der Waals surface area (Å²) in [4.78, 5) is 57.9. The largest absolute Gasteiger partial charge is 0.497 e. The lowest BCUT2D eigenvalue weighted by molar-refractivity contribution is -0.152. The second-order valence-electron chi connectivity index (χ2n) is 11.0. The lowest BCUT2D eigenvalue weighted by Gasteiger charge is -2.45. The number of ether oxygens (including phenoxy) is 3. The molecule has 3 saturated heterocycles. The molecule has 0 aliphatic carbocycles. The van der Waals surface area contributed by atoms with Crippen LogP contribution in [0.2, 0.25) is 0 Å². The van der Waals surface area contributed by atoms with E-state index in [4.69, 9.17) is 14.2 Å². The van der Waals surface area contributed by atoms with Crippen LogP contribution in [0.15, 0.2) is 24.3 Å². The predicted molar refractivity (Wildman–Crippen MR) is 143 cm³/mol. The second kappa shape index (κ2) is 12.4. The van der Waals surface area contributed by atoms with Crippen molar-refractivity contribution in [1.29, 1.82) is 0 Å². The van der Waals surface area contributed by atoms with Crippen LogP contribution in [-0.4, -0.2) is 96.7 Å². The zero-order valence-electron chi connectivity index (χ0n) is 23.5. The second-order valence-corrected chi connectivity index (χ2v) is 11.0. The standard InChI is InChI=1S/C29H41N3O7/c1-5-38-28(36)22-10-14-31(15-11-22)27(35)24-19-39-29(12-16-30(17-13-29)25(33)18-20(2)3)32(24)26(34)21-6-8-23(37-4)9-7-21/h6-9,20,22,24H,5,10-19H2,1-4H3. The lowest BCUT2D eigenvalue weighted by atomic mass is 9.94. The first-order chi connectivity index (χ1) is 18.7. The van der Waals surface area contributed by atoms with Crippen molar-refractivity contribution in [3.05, 3.63) is 29.8 Å². The number of nitrogens with zero attached hydrogens (tertiary/aromatic N) is 3. The van der Waals surface area contributed by atoms with Gasteiger partial charge in [-0.05, 0) is 49.9 Å². The van der Waals surface area contributed by atoms with Gasteiger partial charge in [0.15, 0.2) is 0 Å². The number of esters is 1. The lowest BCUT2D eigenvalue weighted by Crippen LogP contribution is -2.60. The number of benzene rings is 1. The van der Waals surface area contributed by atoms with Crippen molar-refractivity contribution in [2.75, 3.05) is 46.5 Å². The summed E-state index contributed by atoms with van der Waals surface area (Å²) in [5, 5.41) is 0. The minimum atomic E-state index is -0.963. The molecule has 1 aromatic carbocycles. The van der Waals surface area contributed by atoms with Crippen LogP contribution in [0.3, 0.4) is 0 Å². The van der Waals surface area contributed by atoms with Gasteiger partial charge in [0.2, 0.25) is 11.8 Å². The van der Waals surface area contributed by atoms with Crippen LogP contribution >= 0.6 is 0 Å². The third kappa shape index (κ3) is 6.21. The van der Waals surface area contributed by atoms with Gasteiger partial charge in [0.1, 0.15) is 17.5 Å². The van der Waals surface area contributed by atoms with E-state index in [1.165, 1.54) is 0 Å². The van der Waals surface area contributed by atoms with Gasteiger partial charge in [0.25, 0.3) is 5.91 Å². The van der Waals surface area contributed by atoms with Crippen molar-refractivity contribution >= 4 is 23.7 Å². The summed E-state index contributed by atoms with van der Waals surface area (Å²) in [7, 11) is 1.56. The molecule has 3 aliphatic heterocycles. The Bertz CT molecular complexity index is 1040. The number of hydrogen-bond acceptors (Lipinski definition) is 7. The maximum Gasteiger partial charge on any atom is 0.309 e. The molecule has 1 atom stereocenters. The molecule has 0 saturated carbocycles. The topological polar surface area (TPSA) is 106 Å². The van der Waals surface area contributed by atoms with Crippen molar-refractivity contribution in [3.8, 4) is 5.75 Å². The van der Waals surface area contributed by atoms with Gasteiger partial charge in [-0.2, -0.15) is 0 Å². The third-order valence-electron chi connectivity index (χ3n) is 8.01. The summed E-state index contributed by atoms with van der Waals surface area (Å²) >= 11 is 0.